The monoisotopic (exact) mass is 570 g/mol. The van der Waals surface area contributed by atoms with E-state index in [1.165, 1.54) is 12.0 Å². The molecular formula is C29H35ClN4O6. The minimum Gasteiger partial charge on any atom is -0.493 e. The summed E-state index contributed by atoms with van der Waals surface area (Å²) in [6, 6.07) is 7.10. The van der Waals surface area contributed by atoms with Crippen LogP contribution in [-0.4, -0.2) is 65.3 Å². The number of nitrogens with zero attached hydrogens (tertiary/aromatic N) is 2. The molecule has 3 aromatic rings. The normalized spacial score (nSPS) is 13.6. The number of pyridine rings is 1. The van der Waals surface area contributed by atoms with Gasteiger partial charge in [0.15, 0.2) is 11.5 Å². The molecule has 1 aliphatic heterocycles. The summed E-state index contributed by atoms with van der Waals surface area (Å²) in [6.07, 6.45) is 2.69. The van der Waals surface area contributed by atoms with Crippen LogP contribution in [0.15, 0.2) is 36.7 Å². The van der Waals surface area contributed by atoms with Gasteiger partial charge in [0.05, 0.1) is 59.7 Å². The molecule has 0 saturated heterocycles. The highest BCUT2D eigenvalue weighted by molar-refractivity contribution is 6.32. The average molecular weight is 571 g/mol. The molecule has 0 saturated carbocycles. The molecule has 1 aliphatic rings. The predicted octanol–water partition coefficient (Wildman–Crippen LogP) is 6.22. The number of amides is 1. The zero-order chi connectivity index (χ0) is 29.2. The van der Waals surface area contributed by atoms with Crippen molar-refractivity contribution >= 4 is 34.9 Å². The van der Waals surface area contributed by atoms with Gasteiger partial charge in [-0.15, -0.1) is 0 Å². The molecule has 4 rings (SSSR count). The van der Waals surface area contributed by atoms with Crippen molar-refractivity contribution in [1.29, 1.82) is 0 Å². The molecule has 3 heterocycles. The first-order valence-electron chi connectivity index (χ1n) is 12.8. The van der Waals surface area contributed by atoms with E-state index in [-0.39, 0.29) is 25.5 Å². The van der Waals surface area contributed by atoms with Crippen molar-refractivity contribution in [3.05, 3.63) is 52.9 Å². The third kappa shape index (κ3) is 6.34. The van der Waals surface area contributed by atoms with Crippen LogP contribution in [0.2, 0.25) is 5.02 Å². The molecule has 11 heteroatoms. The molecular weight excluding hydrogens is 536 g/mol. The van der Waals surface area contributed by atoms with Gasteiger partial charge in [-0.1, -0.05) is 17.7 Å². The molecule has 2 aromatic heterocycles. The van der Waals surface area contributed by atoms with E-state index in [2.05, 4.69) is 15.3 Å². The second-order valence-electron chi connectivity index (χ2n) is 11.1. The number of nitrogens with one attached hydrogen (secondary N) is 2. The Morgan fingerprint density at radius 1 is 1.15 bits per heavy atom. The highest BCUT2D eigenvalue weighted by Gasteiger charge is 2.35. The number of carbonyl (C=O) groups is 2. The van der Waals surface area contributed by atoms with Crippen LogP contribution >= 0.6 is 11.6 Å². The summed E-state index contributed by atoms with van der Waals surface area (Å²) in [5, 5.41) is 3.78. The number of ether oxygens (including phenoxy) is 4. The van der Waals surface area contributed by atoms with Crippen LogP contribution in [0.1, 0.15) is 50.7 Å². The van der Waals surface area contributed by atoms with E-state index in [1.807, 2.05) is 13.8 Å². The number of para-hydroxylation sites is 1. The summed E-state index contributed by atoms with van der Waals surface area (Å²) in [6.45, 7) is 9.45. The largest absolute Gasteiger partial charge is 0.493 e. The van der Waals surface area contributed by atoms with E-state index in [1.54, 1.807) is 64.5 Å². The minimum absolute atomic E-state index is 0.137. The lowest BCUT2D eigenvalue weighted by Gasteiger charge is -2.29. The first-order chi connectivity index (χ1) is 18.8. The van der Waals surface area contributed by atoms with Crippen LogP contribution in [0.5, 0.6) is 11.5 Å². The molecule has 0 radical (unpaired) electrons. The quantitative estimate of drug-likeness (QED) is 0.328. The number of methoxy groups -OCH3 is 2. The van der Waals surface area contributed by atoms with Crippen LogP contribution in [0.3, 0.4) is 0 Å². The molecule has 0 bridgehead atoms. The van der Waals surface area contributed by atoms with E-state index >= 15 is 0 Å². The zero-order valence-electron chi connectivity index (χ0n) is 23.8. The second-order valence-corrected chi connectivity index (χ2v) is 11.5. The fourth-order valence-electron chi connectivity index (χ4n) is 4.22. The van der Waals surface area contributed by atoms with Gasteiger partial charge < -0.3 is 29.2 Å². The number of rotatable bonds is 8. The summed E-state index contributed by atoms with van der Waals surface area (Å²) in [7, 11) is 3.14. The Labute approximate surface area is 238 Å². The van der Waals surface area contributed by atoms with Gasteiger partial charge in [0, 0.05) is 24.6 Å². The predicted molar refractivity (Wildman–Crippen MR) is 153 cm³/mol. The Morgan fingerprint density at radius 2 is 1.90 bits per heavy atom. The molecule has 1 aromatic carbocycles. The topological polar surface area (TPSA) is 115 Å². The Bertz CT molecular complexity index is 1410. The van der Waals surface area contributed by atoms with Crippen LogP contribution < -0.4 is 14.8 Å². The maximum absolute atomic E-state index is 13.6. The molecule has 0 unspecified atom stereocenters. The number of halogens is 1. The summed E-state index contributed by atoms with van der Waals surface area (Å²) in [4.78, 5) is 35.4. The maximum atomic E-state index is 13.6. The lowest BCUT2D eigenvalue weighted by atomic mass is 10.0. The second kappa shape index (κ2) is 11.4. The zero-order valence-corrected chi connectivity index (χ0v) is 24.6. The molecule has 2 N–H and O–H groups in total. The van der Waals surface area contributed by atoms with Gasteiger partial charge in [-0.05, 0) is 52.8 Å². The van der Waals surface area contributed by atoms with E-state index < -0.39 is 17.3 Å². The van der Waals surface area contributed by atoms with Crippen molar-refractivity contribution < 1.29 is 28.5 Å². The molecule has 214 valence electrons. The number of aromatic nitrogens is 2. The number of ketones is 1. The van der Waals surface area contributed by atoms with Gasteiger partial charge in [0.25, 0.3) is 0 Å². The third-order valence-electron chi connectivity index (χ3n) is 6.30. The van der Waals surface area contributed by atoms with Crippen LogP contribution in [0.25, 0.3) is 11.3 Å². The Balaban J connectivity index is 1.83. The number of carbonyl (C=O) groups excluding carboxylic acids is 2. The molecule has 0 atom stereocenters. The SMILES string of the molecule is COc1c(Cl)cccc1Nc1c(-c2ccncc2OCC(C)(C)OC)[nH]c2c1C(=O)CN(C(=O)OC(C)(C)C)C2. The van der Waals surface area contributed by atoms with Crippen molar-refractivity contribution in [3.8, 4) is 22.8 Å². The number of aromatic amines is 1. The van der Waals surface area contributed by atoms with Crippen LogP contribution in [0.4, 0.5) is 16.2 Å². The summed E-state index contributed by atoms with van der Waals surface area (Å²) >= 11 is 6.39. The Hall–Kier alpha value is -3.76. The van der Waals surface area contributed by atoms with Crippen LogP contribution in [0, 0.1) is 0 Å². The third-order valence-corrected chi connectivity index (χ3v) is 6.60. The molecule has 0 spiro atoms. The lowest BCUT2D eigenvalue weighted by Crippen LogP contribution is -2.42. The van der Waals surface area contributed by atoms with E-state index in [4.69, 9.17) is 30.5 Å². The highest BCUT2D eigenvalue weighted by atomic mass is 35.5. The van der Waals surface area contributed by atoms with Crippen molar-refractivity contribution in [2.45, 2.75) is 52.4 Å². The lowest BCUT2D eigenvalue weighted by molar-refractivity contribution is -0.0146. The minimum atomic E-state index is -0.698. The number of anilines is 2. The number of H-pyrrole nitrogens is 1. The van der Waals surface area contributed by atoms with E-state index in [9.17, 15) is 9.59 Å². The van der Waals surface area contributed by atoms with Crippen molar-refractivity contribution in [2.75, 3.05) is 32.7 Å². The Kier molecular flexibility index (Phi) is 8.32. The van der Waals surface area contributed by atoms with E-state index in [0.29, 0.717) is 50.4 Å². The fraction of sp³-hybridized carbons (Fsp3) is 0.414. The Morgan fingerprint density at radius 3 is 2.58 bits per heavy atom. The smallest absolute Gasteiger partial charge is 0.411 e. The summed E-state index contributed by atoms with van der Waals surface area (Å²) in [5.41, 5.74) is 2.06. The molecule has 0 fully saturated rings. The number of fused-ring (bicyclic) bond motifs is 1. The molecule has 10 nitrogen and oxygen atoms in total. The number of benzene rings is 1. The van der Waals surface area contributed by atoms with Gasteiger partial charge in [0.1, 0.15) is 18.0 Å². The van der Waals surface area contributed by atoms with Gasteiger partial charge in [-0.3, -0.25) is 14.7 Å². The first kappa shape index (κ1) is 29.2. The van der Waals surface area contributed by atoms with Gasteiger partial charge in [-0.2, -0.15) is 0 Å². The highest BCUT2D eigenvalue weighted by Crippen LogP contribution is 2.43. The van der Waals surface area contributed by atoms with Crippen LogP contribution in [-0.2, 0) is 16.0 Å². The first-order valence-corrected chi connectivity index (χ1v) is 13.2. The summed E-state index contributed by atoms with van der Waals surface area (Å²) in [5.74, 6) is 0.663. The number of hydrogen-bond donors (Lipinski definition) is 2. The number of Topliss-reactive ketones (excluding diaryl/α,β-unsaturated/α-hetero) is 1. The average Bonchev–Trinajstić information content (AvgIpc) is 3.25. The fourth-order valence-corrected chi connectivity index (χ4v) is 4.47. The standard InChI is InChI=1S/C29H35ClN4O6/c1-28(2,3)40-27(36)34-14-20-23(21(35)15-34)25(32-19-10-8-9-18(30)26(19)37-6)24(33-20)17-11-12-31-13-22(17)39-16-29(4,5)38-7/h8-13,32-33H,14-16H2,1-7H3. The molecule has 1 amide bonds. The van der Waals surface area contributed by atoms with Gasteiger partial charge >= 0.3 is 6.09 Å². The summed E-state index contributed by atoms with van der Waals surface area (Å²) < 4.78 is 22.7. The van der Waals surface area contributed by atoms with Gasteiger partial charge in [0.2, 0.25) is 0 Å². The number of hydrogen-bond acceptors (Lipinski definition) is 8. The van der Waals surface area contributed by atoms with Crippen molar-refractivity contribution in [1.82, 2.24) is 14.9 Å². The molecule has 40 heavy (non-hydrogen) atoms. The van der Waals surface area contributed by atoms with Crippen molar-refractivity contribution in [2.24, 2.45) is 0 Å². The maximum Gasteiger partial charge on any atom is 0.411 e. The van der Waals surface area contributed by atoms with E-state index in [0.717, 1.165) is 0 Å². The van der Waals surface area contributed by atoms with Gasteiger partial charge in [-0.25, -0.2) is 4.79 Å². The van der Waals surface area contributed by atoms with Crippen molar-refractivity contribution in [3.63, 3.8) is 0 Å². The molecule has 0 aliphatic carbocycles.